The summed E-state index contributed by atoms with van der Waals surface area (Å²) in [6.45, 7) is 10.9. The van der Waals surface area contributed by atoms with E-state index in [2.05, 4.69) is 94.0 Å². The maximum Gasteiger partial charge on any atom is 0.169 e. The molecule has 2 aliphatic heterocycles. The molecule has 0 bridgehead atoms. The molecule has 2 aliphatic rings. The van der Waals surface area contributed by atoms with E-state index in [0.717, 1.165) is 96.3 Å². The molecule has 2 N–H and O–H groups in total. The Labute approximate surface area is 349 Å². The van der Waals surface area contributed by atoms with Gasteiger partial charge < -0.3 is 29.2 Å². The van der Waals surface area contributed by atoms with E-state index < -0.39 is 17.5 Å². The molecule has 2 fully saturated rings. The quantitative estimate of drug-likeness (QED) is 0.113. The fraction of sp³-hybridized carbons (Fsp3) is 0.349. The van der Waals surface area contributed by atoms with E-state index in [-0.39, 0.29) is 15.8 Å². The first kappa shape index (κ1) is 41.1. The Hall–Kier alpha value is -4.07. The smallest absolute Gasteiger partial charge is 0.169 e. The second-order valence-electron chi connectivity index (χ2n) is 14.2. The Bertz CT molecular complexity index is 2190. The van der Waals surface area contributed by atoms with Gasteiger partial charge in [-0.25, -0.2) is 13.2 Å². The second kappa shape index (κ2) is 19.6. The van der Waals surface area contributed by atoms with Gasteiger partial charge >= 0.3 is 0 Å². The van der Waals surface area contributed by atoms with Gasteiger partial charge in [-0.2, -0.15) is 0 Å². The molecule has 0 atom stereocenters. The SMILES string of the molecule is Fc1cc(Cl)c(OCCCCN2CCN(c3cccc4[nH]ccc34)CC2)c(Cl)c1.Fc1cc(F)c(OCCCN2CCN(c3cccc4[nH]ccc34)CC2)c(Br)c1. The molecule has 0 spiro atoms. The molecule has 0 saturated carbocycles. The van der Waals surface area contributed by atoms with Crippen LogP contribution in [-0.2, 0) is 0 Å². The maximum absolute atomic E-state index is 13.8. The highest BCUT2D eigenvalue weighted by atomic mass is 79.9. The van der Waals surface area contributed by atoms with Crippen LogP contribution in [0.1, 0.15) is 19.3 Å². The largest absolute Gasteiger partial charge is 0.490 e. The number of rotatable bonds is 13. The Morgan fingerprint density at radius 3 is 1.61 bits per heavy atom. The molecule has 0 unspecified atom stereocenters. The van der Waals surface area contributed by atoms with E-state index in [9.17, 15) is 13.2 Å². The molecule has 4 heterocycles. The Morgan fingerprint density at radius 2 is 1.07 bits per heavy atom. The minimum atomic E-state index is -0.681. The van der Waals surface area contributed by atoms with Gasteiger partial charge in [0.15, 0.2) is 17.3 Å². The zero-order valence-electron chi connectivity index (χ0n) is 31.6. The molecule has 2 aromatic heterocycles. The molecule has 8 nitrogen and oxygen atoms in total. The Morgan fingerprint density at radius 1 is 0.579 bits per heavy atom. The third-order valence-corrected chi connectivity index (χ3v) is 11.6. The van der Waals surface area contributed by atoms with Crippen LogP contribution < -0.4 is 19.3 Å². The van der Waals surface area contributed by atoms with Crippen molar-refractivity contribution in [2.24, 2.45) is 0 Å². The van der Waals surface area contributed by atoms with Crippen molar-refractivity contribution in [1.82, 2.24) is 19.8 Å². The van der Waals surface area contributed by atoms with Crippen LogP contribution in [0.4, 0.5) is 24.5 Å². The van der Waals surface area contributed by atoms with Gasteiger partial charge in [0.05, 0.1) is 27.7 Å². The number of halogens is 6. The summed E-state index contributed by atoms with van der Waals surface area (Å²) in [5.74, 6) is -1.32. The summed E-state index contributed by atoms with van der Waals surface area (Å²) in [4.78, 5) is 16.3. The zero-order valence-corrected chi connectivity index (χ0v) is 34.7. The van der Waals surface area contributed by atoms with Gasteiger partial charge in [-0.3, -0.25) is 9.80 Å². The van der Waals surface area contributed by atoms with Gasteiger partial charge in [0, 0.05) is 111 Å². The monoisotopic (exact) mass is 884 g/mol. The number of H-pyrrole nitrogens is 2. The molecule has 0 amide bonds. The highest BCUT2D eigenvalue weighted by Gasteiger charge is 2.20. The number of anilines is 2. The van der Waals surface area contributed by atoms with Crippen molar-refractivity contribution in [1.29, 1.82) is 0 Å². The average Bonchev–Trinajstić information content (AvgIpc) is 3.89. The molecule has 6 aromatic rings. The van der Waals surface area contributed by atoms with Crippen molar-refractivity contribution >= 4 is 72.3 Å². The highest BCUT2D eigenvalue weighted by Crippen LogP contribution is 2.34. The standard InChI is InChI=1S/C22H24Cl2FN3O.C21H22BrF2N3O/c23-18-14-16(25)15-19(24)22(18)29-13-2-1-8-27-9-11-28(12-10-27)21-5-3-4-20-17(21)6-7-26-20;22-17-13-15(23)14-18(24)21(17)28-12-2-7-26-8-10-27(11-9-26)20-4-1-3-19-16(20)5-6-25-19/h3-7,14-15,26H,1-2,8-13H2;1,3-6,13-14,25H,2,7-12H2. The lowest BCUT2D eigenvalue weighted by atomic mass is 10.1. The maximum atomic E-state index is 13.8. The van der Waals surface area contributed by atoms with Crippen LogP contribution >= 0.6 is 39.1 Å². The van der Waals surface area contributed by atoms with Crippen molar-refractivity contribution in [3.8, 4) is 11.5 Å². The van der Waals surface area contributed by atoms with Gasteiger partial charge in [-0.15, -0.1) is 0 Å². The Kier molecular flexibility index (Phi) is 14.1. The van der Waals surface area contributed by atoms with E-state index >= 15 is 0 Å². The summed E-state index contributed by atoms with van der Waals surface area (Å²) in [5.41, 5.74) is 4.94. The van der Waals surface area contributed by atoms with Crippen molar-refractivity contribution < 1.29 is 22.6 Å². The minimum Gasteiger partial charge on any atom is -0.490 e. The summed E-state index contributed by atoms with van der Waals surface area (Å²) < 4.78 is 51.6. The first-order valence-corrected chi connectivity index (χ1v) is 20.9. The summed E-state index contributed by atoms with van der Waals surface area (Å²) in [6, 6.07) is 21.5. The van der Waals surface area contributed by atoms with Crippen molar-refractivity contribution in [2.75, 3.05) is 88.5 Å². The van der Waals surface area contributed by atoms with Gasteiger partial charge in [0.25, 0.3) is 0 Å². The predicted molar refractivity (Wildman–Crippen MR) is 229 cm³/mol. The van der Waals surface area contributed by atoms with Crippen molar-refractivity contribution in [2.45, 2.75) is 19.3 Å². The van der Waals surface area contributed by atoms with Crippen LogP contribution in [0.2, 0.25) is 10.0 Å². The van der Waals surface area contributed by atoms with Crippen LogP contribution in [-0.4, -0.2) is 98.4 Å². The summed E-state index contributed by atoms with van der Waals surface area (Å²) in [6.07, 6.45) is 6.69. The number of fused-ring (bicyclic) bond motifs is 2. The molecule has 14 heteroatoms. The van der Waals surface area contributed by atoms with Crippen molar-refractivity contribution in [3.63, 3.8) is 0 Å². The van der Waals surface area contributed by atoms with Crippen LogP contribution in [0, 0.1) is 17.5 Å². The molecule has 8 rings (SSSR count). The van der Waals surface area contributed by atoms with E-state index in [1.807, 2.05) is 12.4 Å². The molecular formula is C43H46BrCl2F3N6O2. The third kappa shape index (κ3) is 10.5. The van der Waals surface area contributed by atoms with Crippen LogP contribution in [0.25, 0.3) is 21.8 Å². The summed E-state index contributed by atoms with van der Waals surface area (Å²) >= 11 is 15.1. The molecule has 0 radical (unpaired) electrons. The van der Waals surface area contributed by atoms with E-state index in [0.29, 0.717) is 23.4 Å². The molecule has 2 saturated heterocycles. The number of piperazine rings is 2. The first-order chi connectivity index (χ1) is 27.7. The Balaban J connectivity index is 0.000000174. The molecular weight excluding hydrogens is 840 g/mol. The molecule has 302 valence electrons. The zero-order chi connectivity index (χ0) is 39.7. The molecule has 0 aliphatic carbocycles. The number of benzene rings is 4. The average molecular weight is 887 g/mol. The molecule has 4 aromatic carbocycles. The number of unbranched alkanes of at least 4 members (excludes halogenated alkanes) is 1. The number of nitrogens with zero attached hydrogens (tertiary/aromatic N) is 4. The lowest BCUT2D eigenvalue weighted by Gasteiger charge is -2.36. The van der Waals surface area contributed by atoms with Gasteiger partial charge in [0.1, 0.15) is 11.6 Å². The van der Waals surface area contributed by atoms with Crippen LogP contribution in [0.15, 0.2) is 89.7 Å². The fourth-order valence-electron chi connectivity index (χ4n) is 7.52. The minimum absolute atomic E-state index is 0.0748. The number of hydrogen-bond acceptors (Lipinski definition) is 6. The van der Waals surface area contributed by atoms with E-state index in [4.69, 9.17) is 32.7 Å². The first-order valence-electron chi connectivity index (χ1n) is 19.3. The van der Waals surface area contributed by atoms with E-state index in [1.54, 1.807) is 0 Å². The van der Waals surface area contributed by atoms with Crippen LogP contribution in [0.3, 0.4) is 0 Å². The second-order valence-corrected chi connectivity index (χ2v) is 15.9. The predicted octanol–water partition coefficient (Wildman–Crippen LogP) is 10.4. The van der Waals surface area contributed by atoms with Crippen LogP contribution in [0.5, 0.6) is 11.5 Å². The number of aromatic amines is 2. The highest BCUT2D eigenvalue weighted by molar-refractivity contribution is 9.10. The third-order valence-electron chi connectivity index (χ3n) is 10.5. The van der Waals surface area contributed by atoms with Gasteiger partial charge in [-0.05, 0) is 96.3 Å². The number of ether oxygens (including phenoxy) is 2. The van der Waals surface area contributed by atoms with Crippen molar-refractivity contribution in [3.05, 3.63) is 117 Å². The number of hydrogen-bond donors (Lipinski definition) is 2. The fourth-order valence-corrected chi connectivity index (χ4v) is 8.61. The van der Waals surface area contributed by atoms with E-state index in [1.165, 1.54) is 45.9 Å². The van der Waals surface area contributed by atoms with Gasteiger partial charge in [-0.1, -0.05) is 35.3 Å². The lowest BCUT2D eigenvalue weighted by molar-refractivity contribution is 0.221. The number of nitrogens with one attached hydrogen (secondary N) is 2. The number of aromatic nitrogens is 2. The lowest BCUT2D eigenvalue weighted by Crippen LogP contribution is -2.46. The molecule has 57 heavy (non-hydrogen) atoms. The normalized spacial score (nSPS) is 15.3. The summed E-state index contributed by atoms with van der Waals surface area (Å²) in [5, 5.41) is 2.97. The van der Waals surface area contributed by atoms with Gasteiger partial charge in [0.2, 0.25) is 0 Å². The summed E-state index contributed by atoms with van der Waals surface area (Å²) in [7, 11) is 0. The topological polar surface area (TPSA) is 63.0 Å².